The van der Waals surface area contributed by atoms with Crippen molar-refractivity contribution >= 4 is 17.8 Å². The van der Waals surface area contributed by atoms with Crippen molar-refractivity contribution in [1.82, 2.24) is 4.90 Å². The molecule has 1 unspecified atom stereocenters. The summed E-state index contributed by atoms with van der Waals surface area (Å²) in [7, 11) is 0. The van der Waals surface area contributed by atoms with Crippen LogP contribution < -0.4 is 0 Å². The van der Waals surface area contributed by atoms with Gasteiger partial charge in [0.05, 0.1) is 6.04 Å². The molecule has 35 heavy (non-hydrogen) atoms. The summed E-state index contributed by atoms with van der Waals surface area (Å²) in [5, 5.41) is 0. The zero-order chi connectivity index (χ0) is 25.7. The minimum atomic E-state index is -1.50. The van der Waals surface area contributed by atoms with Gasteiger partial charge in [0.2, 0.25) is 0 Å². The molecule has 2 aliphatic carbocycles. The number of hydrogen-bond acceptors (Lipinski definition) is 5. The van der Waals surface area contributed by atoms with E-state index in [4.69, 9.17) is 22.6 Å². The summed E-state index contributed by atoms with van der Waals surface area (Å²) < 4.78 is 10.9. The number of carbonyl (C=O) groups is 3. The first kappa shape index (κ1) is 24.7. The van der Waals surface area contributed by atoms with Gasteiger partial charge in [0, 0.05) is 30.9 Å². The van der Waals surface area contributed by atoms with Gasteiger partial charge in [0.15, 0.2) is 5.78 Å². The molecule has 4 aliphatic rings. The first-order valence-corrected chi connectivity index (χ1v) is 12.1. The van der Waals surface area contributed by atoms with Crippen LogP contribution in [0.25, 0.3) is 9.69 Å². The number of ketones is 1. The van der Waals surface area contributed by atoms with Crippen LogP contribution in [0.4, 0.5) is 4.79 Å². The van der Waals surface area contributed by atoms with Crippen LogP contribution in [-0.4, -0.2) is 52.7 Å². The van der Waals surface area contributed by atoms with E-state index in [9.17, 15) is 14.4 Å². The highest BCUT2D eigenvalue weighted by atomic mass is 16.6. The fourth-order valence-corrected chi connectivity index (χ4v) is 6.05. The molecule has 0 saturated carbocycles. The van der Waals surface area contributed by atoms with Crippen LogP contribution in [0.2, 0.25) is 0 Å². The summed E-state index contributed by atoms with van der Waals surface area (Å²) >= 11 is 0. The molecule has 1 saturated heterocycles. The summed E-state index contributed by atoms with van der Waals surface area (Å²) in [5.74, 6) is -0.957. The molecule has 0 spiro atoms. The van der Waals surface area contributed by atoms with E-state index in [1.165, 1.54) is 6.92 Å². The number of amides is 1. The van der Waals surface area contributed by atoms with E-state index in [1.54, 1.807) is 4.90 Å². The van der Waals surface area contributed by atoms with Crippen LogP contribution in [-0.2, 0) is 19.1 Å². The first-order valence-electron chi connectivity index (χ1n) is 12.1. The van der Waals surface area contributed by atoms with Crippen LogP contribution in [0.1, 0.15) is 66.7 Å². The fraction of sp³-hybridized carbons (Fsp3) is 0.593. The third-order valence-electron chi connectivity index (χ3n) is 7.39. The van der Waals surface area contributed by atoms with Gasteiger partial charge in [0.1, 0.15) is 24.2 Å². The molecule has 3 atom stereocenters. The zero-order valence-electron chi connectivity index (χ0n) is 20.9. The van der Waals surface area contributed by atoms with Gasteiger partial charge < -0.3 is 9.47 Å². The van der Waals surface area contributed by atoms with E-state index in [1.807, 2.05) is 33.8 Å². The summed E-state index contributed by atoms with van der Waals surface area (Å²) in [6.45, 7) is 24.8. The second-order valence-electron chi connectivity index (χ2n) is 10.6. The summed E-state index contributed by atoms with van der Waals surface area (Å²) in [5.41, 5.74) is 1.47. The van der Waals surface area contributed by atoms with Crippen molar-refractivity contribution in [3.63, 3.8) is 0 Å². The van der Waals surface area contributed by atoms with Crippen molar-refractivity contribution in [2.75, 3.05) is 6.61 Å². The van der Waals surface area contributed by atoms with Gasteiger partial charge in [0.25, 0.3) is 0 Å². The molecule has 0 radical (unpaired) electrons. The van der Waals surface area contributed by atoms with Crippen molar-refractivity contribution in [1.29, 1.82) is 0 Å². The van der Waals surface area contributed by atoms with Crippen molar-refractivity contribution in [2.45, 2.75) is 90.1 Å². The number of fused-ring (bicyclic) bond motifs is 5. The normalized spacial score (nSPS) is 26.8. The van der Waals surface area contributed by atoms with Crippen LogP contribution in [0.5, 0.6) is 0 Å². The minimum absolute atomic E-state index is 0.0788. The number of hydrogen-bond donors (Lipinski definition) is 0. The monoisotopic (exact) mass is 477 g/mol. The number of carbonyl (C=O) groups excluding carboxylic acids is 3. The Hall–Kier alpha value is -3.39. The lowest BCUT2D eigenvalue weighted by atomic mass is 9.75. The standard InChI is InChI=1S/C27H31N3O5/c1-8-17-18-12-23(32)20(14-34-15(2)31)19(18)13-27(28-6,29-7)21-11-16-9-10-22(24(17)21)30(16)25(33)35-26(3,4)5/h11,16,22,24H,8-10,12-14H2,1-5H3/t16-,22?,24-/m1/s1. The molecular weight excluding hydrogens is 446 g/mol. The van der Waals surface area contributed by atoms with Crippen molar-refractivity contribution < 1.29 is 23.9 Å². The average Bonchev–Trinajstić information content (AvgIpc) is 3.22. The molecule has 8 heteroatoms. The summed E-state index contributed by atoms with van der Waals surface area (Å²) in [6.07, 6.45) is 3.87. The Morgan fingerprint density at radius 2 is 1.89 bits per heavy atom. The highest BCUT2D eigenvalue weighted by Crippen LogP contribution is 2.55. The maximum atomic E-state index is 13.2. The van der Waals surface area contributed by atoms with Crippen molar-refractivity contribution in [3.05, 3.63) is 56.8 Å². The Morgan fingerprint density at radius 1 is 1.20 bits per heavy atom. The molecule has 2 aliphatic heterocycles. The van der Waals surface area contributed by atoms with Crippen LogP contribution in [0, 0.1) is 19.1 Å². The lowest BCUT2D eigenvalue weighted by molar-refractivity contribution is -0.140. The molecule has 0 N–H and O–H groups in total. The topological polar surface area (TPSA) is 81.6 Å². The first-order chi connectivity index (χ1) is 16.5. The van der Waals surface area contributed by atoms with Crippen LogP contribution in [0.3, 0.4) is 0 Å². The van der Waals surface area contributed by atoms with Crippen molar-refractivity contribution in [3.8, 4) is 0 Å². The number of Topliss-reactive ketones (excluding diaryl/α,β-unsaturated/α-hetero) is 1. The Kier molecular flexibility index (Phi) is 6.13. The predicted octanol–water partition coefficient (Wildman–Crippen LogP) is 4.79. The highest BCUT2D eigenvalue weighted by Gasteiger charge is 2.62. The van der Waals surface area contributed by atoms with Gasteiger partial charge >= 0.3 is 17.7 Å². The van der Waals surface area contributed by atoms with Crippen LogP contribution in [0.15, 0.2) is 33.9 Å². The molecule has 4 rings (SSSR count). The average molecular weight is 478 g/mol. The Bertz CT molecular complexity index is 1160. The van der Waals surface area contributed by atoms with E-state index in [0.29, 0.717) is 17.6 Å². The maximum Gasteiger partial charge on any atom is 0.510 e. The quantitative estimate of drug-likeness (QED) is 0.332. The van der Waals surface area contributed by atoms with E-state index in [0.717, 1.165) is 29.6 Å². The van der Waals surface area contributed by atoms with E-state index >= 15 is 0 Å². The predicted molar refractivity (Wildman–Crippen MR) is 128 cm³/mol. The molecule has 0 aromatic rings. The minimum Gasteiger partial charge on any atom is -0.461 e. The SMILES string of the molecule is [C-]#[N+]C1([N+]#[C-])CC2=C(COC(C)=O)C(=O)CC2=C(CC)[C@@H]2C1=C[C@H]1CCC2N1C(=O)OC(C)(C)C. The lowest BCUT2D eigenvalue weighted by Gasteiger charge is -2.40. The number of ether oxygens (including phenoxy) is 2. The molecule has 2 heterocycles. The van der Waals surface area contributed by atoms with E-state index in [2.05, 4.69) is 9.69 Å². The molecule has 2 bridgehead atoms. The molecule has 1 fully saturated rings. The molecular formula is C27H31N3O5. The van der Waals surface area contributed by atoms with E-state index in [-0.39, 0.29) is 43.2 Å². The Morgan fingerprint density at radius 3 is 2.46 bits per heavy atom. The molecule has 0 aromatic carbocycles. The largest absolute Gasteiger partial charge is 0.510 e. The van der Waals surface area contributed by atoms with Crippen molar-refractivity contribution in [2.24, 2.45) is 5.92 Å². The van der Waals surface area contributed by atoms with Gasteiger partial charge in [-0.05, 0) is 57.3 Å². The fourth-order valence-electron chi connectivity index (χ4n) is 6.05. The Balaban J connectivity index is 1.90. The number of rotatable bonds is 3. The summed E-state index contributed by atoms with van der Waals surface area (Å²) in [4.78, 5) is 47.2. The molecule has 184 valence electrons. The number of allylic oxidation sites excluding steroid dienone is 1. The zero-order valence-corrected chi connectivity index (χ0v) is 20.9. The lowest BCUT2D eigenvalue weighted by Crippen LogP contribution is -2.51. The molecule has 1 amide bonds. The highest BCUT2D eigenvalue weighted by molar-refractivity contribution is 6.03. The summed E-state index contributed by atoms with van der Waals surface area (Å²) in [6, 6.07) is -0.478. The molecule has 0 aromatic heterocycles. The third kappa shape index (κ3) is 4.05. The van der Waals surface area contributed by atoms with Gasteiger partial charge in [-0.2, -0.15) is 0 Å². The maximum absolute atomic E-state index is 13.2. The number of nitrogens with zero attached hydrogens (tertiary/aromatic N) is 3. The second kappa shape index (κ2) is 8.68. The van der Waals surface area contributed by atoms with Gasteiger partial charge in [-0.15, -0.1) is 0 Å². The third-order valence-corrected chi connectivity index (χ3v) is 7.39. The molecule has 8 nitrogen and oxygen atoms in total. The Labute approximate surface area is 206 Å². The van der Waals surface area contributed by atoms with Gasteiger partial charge in [-0.1, -0.05) is 12.5 Å². The van der Waals surface area contributed by atoms with Gasteiger partial charge in [-0.25, -0.2) is 27.6 Å². The van der Waals surface area contributed by atoms with Crippen LogP contribution >= 0.6 is 0 Å². The van der Waals surface area contributed by atoms with Gasteiger partial charge in [-0.3, -0.25) is 14.5 Å². The smallest absolute Gasteiger partial charge is 0.461 e. The van der Waals surface area contributed by atoms with E-state index < -0.39 is 23.3 Å². The number of esters is 1. The second-order valence-corrected chi connectivity index (χ2v) is 10.6.